The van der Waals surface area contributed by atoms with E-state index < -0.39 is 23.6 Å². The van der Waals surface area contributed by atoms with E-state index in [1.54, 1.807) is 0 Å². The first kappa shape index (κ1) is 10.5. The first-order valence-corrected chi connectivity index (χ1v) is 4.30. The Morgan fingerprint density at radius 3 is 2.85 bits per heavy atom. The molecule has 0 fully saturated rings. The van der Waals surface area contributed by atoms with Crippen molar-refractivity contribution in [3.63, 3.8) is 0 Å². The summed E-state index contributed by atoms with van der Waals surface area (Å²) in [6.45, 7) is 0. The van der Waals surface area contributed by atoms with Gasteiger partial charge in [0.05, 0.1) is 30.3 Å². The maximum Gasteiger partial charge on any atom is 0.335 e. The van der Waals surface area contributed by atoms with Gasteiger partial charge in [-0.15, -0.1) is 11.6 Å². The first-order valence-electron chi connectivity index (χ1n) is 3.86. The van der Waals surface area contributed by atoms with Crippen LogP contribution in [0, 0.1) is 0 Å². The molecule has 1 aliphatic rings. The summed E-state index contributed by atoms with van der Waals surface area (Å²) >= 11 is 5.74. The third kappa shape index (κ3) is 2.21. The van der Waals surface area contributed by atoms with E-state index in [9.17, 15) is 15.0 Å². The number of carbonyl (C=O) groups excluding carboxylic acids is 1. The fourth-order valence-corrected chi connectivity index (χ4v) is 1.50. The Hall–Kier alpha value is -0.580. The highest BCUT2D eigenvalue weighted by atomic mass is 35.5. The number of rotatable bonds is 1. The monoisotopic (exact) mass is 206 g/mol. The summed E-state index contributed by atoms with van der Waals surface area (Å²) in [5.74, 6) is -0.613. The molecule has 1 aliphatic carbocycles. The SMILES string of the molecule is COC(=O)C1=C[C@H](O)C[C@H](O)[C@H]1Cl. The summed E-state index contributed by atoms with van der Waals surface area (Å²) < 4.78 is 4.44. The minimum Gasteiger partial charge on any atom is -0.466 e. The van der Waals surface area contributed by atoms with Crippen LogP contribution >= 0.6 is 11.6 Å². The van der Waals surface area contributed by atoms with Crippen LogP contribution in [0.15, 0.2) is 11.6 Å². The second kappa shape index (κ2) is 4.09. The molecule has 0 aromatic rings. The van der Waals surface area contributed by atoms with E-state index in [-0.39, 0.29) is 12.0 Å². The van der Waals surface area contributed by atoms with Crippen LogP contribution in [0.1, 0.15) is 6.42 Å². The lowest BCUT2D eigenvalue weighted by Crippen LogP contribution is -2.35. The Bertz CT molecular complexity index is 238. The largest absolute Gasteiger partial charge is 0.466 e. The highest BCUT2D eigenvalue weighted by molar-refractivity contribution is 6.25. The van der Waals surface area contributed by atoms with Crippen molar-refractivity contribution in [2.24, 2.45) is 0 Å². The van der Waals surface area contributed by atoms with E-state index in [2.05, 4.69) is 4.74 Å². The third-order valence-corrected chi connectivity index (χ3v) is 2.44. The van der Waals surface area contributed by atoms with Crippen molar-refractivity contribution in [2.45, 2.75) is 24.0 Å². The van der Waals surface area contributed by atoms with Crippen LogP contribution in [0.2, 0.25) is 0 Å². The molecule has 0 heterocycles. The van der Waals surface area contributed by atoms with Crippen LogP contribution < -0.4 is 0 Å². The van der Waals surface area contributed by atoms with Gasteiger partial charge in [-0.1, -0.05) is 0 Å². The van der Waals surface area contributed by atoms with E-state index in [0.717, 1.165) is 0 Å². The van der Waals surface area contributed by atoms with Gasteiger partial charge in [0, 0.05) is 6.42 Å². The van der Waals surface area contributed by atoms with E-state index >= 15 is 0 Å². The molecule has 5 heteroatoms. The molecular formula is C8H11ClO4. The van der Waals surface area contributed by atoms with Gasteiger partial charge in [-0.2, -0.15) is 0 Å². The standard InChI is InChI=1S/C8H11ClO4/c1-13-8(12)5-2-4(10)3-6(11)7(5)9/h2,4,6-7,10-11H,3H2,1H3/t4-,6-,7-/m0/s1. The average Bonchev–Trinajstić information content (AvgIpc) is 2.10. The molecule has 0 aliphatic heterocycles. The second-order valence-electron chi connectivity index (χ2n) is 2.89. The number of halogens is 1. The molecule has 0 saturated carbocycles. The van der Waals surface area contributed by atoms with E-state index in [4.69, 9.17) is 11.6 Å². The molecule has 4 nitrogen and oxygen atoms in total. The van der Waals surface area contributed by atoms with Crippen LogP contribution in [0.25, 0.3) is 0 Å². The number of methoxy groups -OCH3 is 1. The maximum atomic E-state index is 11.1. The van der Waals surface area contributed by atoms with Gasteiger partial charge in [0.25, 0.3) is 0 Å². The summed E-state index contributed by atoms with van der Waals surface area (Å²) in [7, 11) is 1.22. The highest BCUT2D eigenvalue weighted by Gasteiger charge is 2.32. The Labute approximate surface area is 80.8 Å². The Morgan fingerprint density at radius 2 is 2.31 bits per heavy atom. The summed E-state index contributed by atoms with van der Waals surface area (Å²) in [5.41, 5.74) is 0.121. The van der Waals surface area contributed by atoms with Gasteiger partial charge < -0.3 is 14.9 Å². The van der Waals surface area contributed by atoms with Crippen LogP contribution in [-0.2, 0) is 9.53 Å². The topological polar surface area (TPSA) is 66.8 Å². The van der Waals surface area contributed by atoms with Crippen molar-refractivity contribution in [1.82, 2.24) is 0 Å². The van der Waals surface area contributed by atoms with E-state index in [0.29, 0.717) is 0 Å². The Morgan fingerprint density at radius 1 is 1.69 bits per heavy atom. The molecule has 0 radical (unpaired) electrons. The van der Waals surface area contributed by atoms with Crippen molar-refractivity contribution >= 4 is 17.6 Å². The third-order valence-electron chi connectivity index (χ3n) is 1.91. The molecule has 0 bridgehead atoms. The van der Waals surface area contributed by atoms with Crippen molar-refractivity contribution < 1.29 is 19.7 Å². The zero-order valence-electron chi connectivity index (χ0n) is 7.11. The van der Waals surface area contributed by atoms with Gasteiger partial charge >= 0.3 is 5.97 Å². The van der Waals surface area contributed by atoms with Crippen LogP contribution in [0.3, 0.4) is 0 Å². The predicted molar refractivity (Wildman–Crippen MR) is 46.4 cm³/mol. The number of aliphatic hydroxyl groups excluding tert-OH is 2. The number of alkyl halides is 1. The van der Waals surface area contributed by atoms with Gasteiger partial charge in [-0.05, 0) is 6.08 Å². The predicted octanol–water partition coefficient (Wildman–Crippen LogP) is -0.181. The number of aliphatic hydroxyl groups is 2. The molecule has 3 atom stereocenters. The number of hydrogen-bond donors (Lipinski definition) is 2. The fraction of sp³-hybridized carbons (Fsp3) is 0.625. The molecular weight excluding hydrogens is 196 g/mol. The molecule has 0 amide bonds. The lowest BCUT2D eigenvalue weighted by molar-refractivity contribution is -0.136. The zero-order valence-corrected chi connectivity index (χ0v) is 7.86. The Balaban J connectivity index is 2.86. The molecule has 0 saturated heterocycles. The summed E-state index contributed by atoms with van der Waals surface area (Å²) in [4.78, 5) is 11.1. The average molecular weight is 207 g/mol. The van der Waals surface area contributed by atoms with Crippen molar-refractivity contribution in [3.05, 3.63) is 11.6 Å². The zero-order chi connectivity index (χ0) is 10.0. The van der Waals surface area contributed by atoms with Gasteiger partial charge in [-0.3, -0.25) is 0 Å². The van der Waals surface area contributed by atoms with Crippen molar-refractivity contribution in [1.29, 1.82) is 0 Å². The van der Waals surface area contributed by atoms with E-state index in [1.165, 1.54) is 13.2 Å². The van der Waals surface area contributed by atoms with Crippen LogP contribution in [0.5, 0.6) is 0 Å². The molecule has 74 valence electrons. The Kier molecular flexibility index (Phi) is 3.30. The molecule has 2 N–H and O–H groups in total. The summed E-state index contributed by atoms with van der Waals surface area (Å²) in [6, 6.07) is 0. The van der Waals surface area contributed by atoms with Crippen molar-refractivity contribution in [3.8, 4) is 0 Å². The van der Waals surface area contributed by atoms with Gasteiger partial charge in [0.2, 0.25) is 0 Å². The van der Waals surface area contributed by atoms with Crippen LogP contribution in [0.4, 0.5) is 0 Å². The summed E-state index contributed by atoms with van der Waals surface area (Å²) in [6.07, 6.45) is -0.278. The molecule has 1 rings (SSSR count). The minimum atomic E-state index is -0.907. The maximum absolute atomic E-state index is 11.1. The number of hydrogen-bond acceptors (Lipinski definition) is 4. The smallest absolute Gasteiger partial charge is 0.335 e. The number of carbonyl (C=O) groups is 1. The van der Waals surface area contributed by atoms with Crippen molar-refractivity contribution in [2.75, 3.05) is 7.11 Å². The van der Waals surface area contributed by atoms with Gasteiger partial charge in [0.15, 0.2) is 0 Å². The van der Waals surface area contributed by atoms with Crippen LogP contribution in [-0.4, -0.2) is 40.9 Å². The van der Waals surface area contributed by atoms with Gasteiger partial charge in [-0.25, -0.2) is 4.79 Å². The molecule has 0 unspecified atom stereocenters. The van der Waals surface area contributed by atoms with E-state index in [1.807, 2.05) is 0 Å². The van der Waals surface area contributed by atoms with Gasteiger partial charge in [0.1, 0.15) is 0 Å². The molecule has 0 aromatic heterocycles. The molecule has 13 heavy (non-hydrogen) atoms. The minimum absolute atomic E-state index is 0.121. The first-order chi connectivity index (χ1) is 6.06. The second-order valence-corrected chi connectivity index (χ2v) is 3.36. The lowest BCUT2D eigenvalue weighted by atomic mass is 9.94. The number of esters is 1. The molecule has 0 aromatic carbocycles. The fourth-order valence-electron chi connectivity index (χ4n) is 1.24. The lowest BCUT2D eigenvalue weighted by Gasteiger charge is -2.25. The normalized spacial score (nSPS) is 33.8. The highest BCUT2D eigenvalue weighted by Crippen LogP contribution is 2.24. The summed E-state index contributed by atoms with van der Waals surface area (Å²) in [5, 5.41) is 17.7. The quantitative estimate of drug-likeness (QED) is 0.461. The molecule has 0 spiro atoms. The number of ether oxygens (including phenoxy) is 1.